The Balaban J connectivity index is 2.59. The highest BCUT2D eigenvalue weighted by atomic mass is 19.1. The predicted octanol–water partition coefficient (Wildman–Crippen LogP) is 2.91. The van der Waals surface area contributed by atoms with Crippen molar-refractivity contribution in [2.75, 3.05) is 7.11 Å². The lowest BCUT2D eigenvalue weighted by molar-refractivity contribution is 0.408. The number of phenolic OH excluding ortho intramolecular Hbond substituents is 2. The van der Waals surface area contributed by atoms with Crippen molar-refractivity contribution in [3.63, 3.8) is 0 Å². The lowest BCUT2D eigenvalue weighted by Crippen LogP contribution is -1.86. The summed E-state index contributed by atoms with van der Waals surface area (Å²) in [6.45, 7) is 0. The fraction of sp³-hybridized carbons (Fsp3) is 0.0769. The normalized spacial score (nSPS) is 10.2. The van der Waals surface area contributed by atoms with E-state index in [0.29, 0.717) is 16.9 Å². The fourth-order valence-corrected chi connectivity index (χ4v) is 1.60. The van der Waals surface area contributed by atoms with E-state index in [1.54, 1.807) is 6.07 Å². The molecule has 0 unspecified atom stereocenters. The highest BCUT2D eigenvalue weighted by molar-refractivity contribution is 5.72. The van der Waals surface area contributed by atoms with Gasteiger partial charge in [0, 0.05) is 11.6 Å². The Labute approximate surface area is 97.7 Å². The molecule has 0 spiro atoms. The Kier molecular flexibility index (Phi) is 2.87. The van der Waals surface area contributed by atoms with Crippen LogP contribution in [0, 0.1) is 5.82 Å². The molecule has 0 heterocycles. The molecule has 0 atom stereocenters. The fourth-order valence-electron chi connectivity index (χ4n) is 1.60. The van der Waals surface area contributed by atoms with Crippen molar-refractivity contribution in [3.05, 3.63) is 42.2 Å². The van der Waals surface area contributed by atoms with Crippen LogP contribution in [0.4, 0.5) is 4.39 Å². The molecular formula is C13H11FO3. The Bertz CT molecular complexity index is 552. The summed E-state index contributed by atoms with van der Waals surface area (Å²) in [4.78, 5) is 0. The number of rotatable bonds is 2. The molecule has 2 aromatic rings. The molecule has 0 fully saturated rings. The maximum Gasteiger partial charge on any atom is 0.124 e. The second kappa shape index (κ2) is 4.33. The monoisotopic (exact) mass is 234 g/mol. The van der Waals surface area contributed by atoms with Gasteiger partial charge in [0.25, 0.3) is 0 Å². The standard InChI is InChI=1S/C13H11FO3/c1-17-11-5-8(4-10(15)7-11)12-6-9(14)2-3-13(12)16/h2-7,15-16H,1H3. The van der Waals surface area contributed by atoms with Crippen molar-refractivity contribution in [2.24, 2.45) is 0 Å². The minimum atomic E-state index is -0.458. The number of halogens is 1. The molecule has 4 heteroatoms. The van der Waals surface area contributed by atoms with Crippen LogP contribution >= 0.6 is 0 Å². The van der Waals surface area contributed by atoms with E-state index < -0.39 is 5.82 Å². The second-order valence-electron chi connectivity index (χ2n) is 3.58. The zero-order chi connectivity index (χ0) is 12.4. The van der Waals surface area contributed by atoms with E-state index in [4.69, 9.17) is 4.74 Å². The van der Waals surface area contributed by atoms with Crippen LogP contribution in [0.5, 0.6) is 17.2 Å². The molecule has 0 aliphatic rings. The number of aromatic hydroxyl groups is 2. The van der Waals surface area contributed by atoms with Crippen LogP contribution < -0.4 is 4.74 Å². The summed E-state index contributed by atoms with van der Waals surface area (Å²) in [6, 6.07) is 8.09. The van der Waals surface area contributed by atoms with Gasteiger partial charge in [0.1, 0.15) is 23.1 Å². The molecule has 0 radical (unpaired) electrons. The van der Waals surface area contributed by atoms with E-state index in [0.717, 1.165) is 0 Å². The predicted molar refractivity (Wildman–Crippen MR) is 61.7 cm³/mol. The molecule has 3 nitrogen and oxygen atoms in total. The van der Waals surface area contributed by atoms with Gasteiger partial charge in [-0.3, -0.25) is 0 Å². The highest BCUT2D eigenvalue weighted by Crippen LogP contribution is 2.34. The first-order chi connectivity index (χ1) is 8.10. The summed E-state index contributed by atoms with van der Waals surface area (Å²) in [7, 11) is 1.46. The largest absolute Gasteiger partial charge is 0.508 e. The van der Waals surface area contributed by atoms with Crippen molar-refractivity contribution < 1.29 is 19.3 Å². The number of benzene rings is 2. The van der Waals surface area contributed by atoms with Crippen LogP contribution in [0.25, 0.3) is 11.1 Å². The van der Waals surface area contributed by atoms with Crippen LogP contribution in [-0.2, 0) is 0 Å². The van der Waals surface area contributed by atoms with E-state index >= 15 is 0 Å². The Morgan fingerprint density at radius 2 is 1.82 bits per heavy atom. The minimum absolute atomic E-state index is 0.0111. The van der Waals surface area contributed by atoms with Gasteiger partial charge in [-0.25, -0.2) is 4.39 Å². The van der Waals surface area contributed by atoms with Crippen molar-refractivity contribution in [1.29, 1.82) is 0 Å². The molecule has 0 aliphatic carbocycles. The minimum Gasteiger partial charge on any atom is -0.508 e. The van der Waals surface area contributed by atoms with Crippen molar-refractivity contribution in [1.82, 2.24) is 0 Å². The van der Waals surface area contributed by atoms with Gasteiger partial charge in [-0.15, -0.1) is 0 Å². The third-order valence-corrected chi connectivity index (χ3v) is 2.40. The molecule has 0 aromatic heterocycles. The molecule has 0 bridgehead atoms. The van der Waals surface area contributed by atoms with Crippen molar-refractivity contribution in [2.45, 2.75) is 0 Å². The number of ether oxygens (including phenoxy) is 1. The van der Waals surface area contributed by atoms with Gasteiger partial charge in [0.05, 0.1) is 7.11 Å². The van der Waals surface area contributed by atoms with Gasteiger partial charge in [-0.2, -0.15) is 0 Å². The molecule has 2 aromatic carbocycles. The van der Waals surface area contributed by atoms with E-state index in [9.17, 15) is 14.6 Å². The summed E-state index contributed by atoms with van der Waals surface area (Å²) < 4.78 is 18.1. The molecule has 0 amide bonds. The molecule has 2 N–H and O–H groups in total. The maximum absolute atomic E-state index is 13.1. The molecule has 0 saturated heterocycles. The summed E-state index contributed by atoms with van der Waals surface area (Å²) in [5, 5.41) is 19.1. The first kappa shape index (κ1) is 11.3. The van der Waals surface area contributed by atoms with E-state index in [2.05, 4.69) is 0 Å². The lowest BCUT2D eigenvalue weighted by atomic mass is 10.0. The van der Waals surface area contributed by atoms with Crippen LogP contribution in [0.1, 0.15) is 0 Å². The average molecular weight is 234 g/mol. The van der Waals surface area contributed by atoms with Gasteiger partial charge in [0.2, 0.25) is 0 Å². The summed E-state index contributed by atoms with van der Waals surface area (Å²) >= 11 is 0. The Morgan fingerprint density at radius 1 is 1.06 bits per heavy atom. The van der Waals surface area contributed by atoms with Crippen molar-refractivity contribution >= 4 is 0 Å². The van der Waals surface area contributed by atoms with Gasteiger partial charge >= 0.3 is 0 Å². The molecule has 2 rings (SSSR count). The van der Waals surface area contributed by atoms with Gasteiger partial charge < -0.3 is 14.9 Å². The Hall–Kier alpha value is -2.23. The van der Waals surface area contributed by atoms with Gasteiger partial charge in [0.15, 0.2) is 0 Å². The number of phenols is 2. The first-order valence-electron chi connectivity index (χ1n) is 4.97. The topological polar surface area (TPSA) is 49.7 Å². The van der Waals surface area contributed by atoms with Crippen LogP contribution in [0.3, 0.4) is 0 Å². The summed E-state index contributed by atoms with van der Waals surface area (Å²) in [5.74, 6) is -0.0918. The van der Waals surface area contributed by atoms with Crippen LogP contribution in [-0.4, -0.2) is 17.3 Å². The van der Waals surface area contributed by atoms with Crippen molar-refractivity contribution in [3.8, 4) is 28.4 Å². The van der Waals surface area contributed by atoms with E-state index in [-0.39, 0.29) is 11.5 Å². The SMILES string of the molecule is COc1cc(O)cc(-c2cc(F)ccc2O)c1. The van der Waals surface area contributed by atoms with Gasteiger partial charge in [-0.1, -0.05) is 0 Å². The zero-order valence-electron chi connectivity index (χ0n) is 9.14. The number of hydrogen-bond donors (Lipinski definition) is 2. The van der Waals surface area contributed by atoms with Crippen LogP contribution in [0.2, 0.25) is 0 Å². The second-order valence-corrected chi connectivity index (χ2v) is 3.58. The first-order valence-corrected chi connectivity index (χ1v) is 4.97. The van der Waals surface area contributed by atoms with Crippen LogP contribution in [0.15, 0.2) is 36.4 Å². The molecule has 0 saturated carbocycles. The average Bonchev–Trinajstić information content (AvgIpc) is 2.31. The Morgan fingerprint density at radius 3 is 2.53 bits per heavy atom. The molecule has 88 valence electrons. The maximum atomic E-state index is 13.1. The van der Waals surface area contributed by atoms with E-state index in [1.807, 2.05) is 0 Å². The smallest absolute Gasteiger partial charge is 0.124 e. The number of methoxy groups -OCH3 is 1. The molecule has 0 aliphatic heterocycles. The highest BCUT2D eigenvalue weighted by Gasteiger charge is 2.08. The third kappa shape index (κ3) is 2.30. The third-order valence-electron chi connectivity index (χ3n) is 2.40. The number of hydrogen-bond acceptors (Lipinski definition) is 3. The van der Waals surface area contributed by atoms with E-state index in [1.165, 1.54) is 37.4 Å². The molecular weight excluding hydrogens is 223 g/mol. The van der Waals surface area contributed by atoms with Gasteiger partial charge in [-0.05, 0) is 35.9 Å². The summed E-state index contributed by atoms with van der Waals surface area (Å²) in [6.07, 6.45) is 0. The summed E-state index contributed by atoms with van der Waals surface area (Å²) in [5.41, 5.74) is 0.790. The lowest BCUT2D eigenvalue weighted by Gasteiger charge is -2.08. The quantitative estimate of drug-likeness (QED) is 0.839. The molecule has 17 heavy (non-hydrogen) atoms. The zero-order valence-corrected chi connectivity index (χ0v) is 9.14.